The maximum absolute atomic E-state index is 13.8. The van der Waals surface area contributed by atoms with Crippen LogP contribution in [0.15, 0.2) is 54.6 Å². The number of hydrogen-bond acceptors (Lipinski definition) is 3. The molecule has 0 aliphatic heterocycles. The molecule has 0 aromatic heterocycles. The number of rotatable bonds is 7. The molecular formula is C21H24FN3O3. The maximum atomic E-state index is 13.8. The highest BCUT2D eigenvalue weighted by molar-refractivity contribution is 5.99. The summed E-state index contributed by atoms with van der Waals surface area (Å²) >= 11 is 0. The van der Waals surface area contributed by atoms with Crippen molar-refractivity contribution in [1.82, 2.24) is 10.2 Å². The second kappa shape index (κ2) is 9.64. The van der Waals surface area contributed by atoms with Gasteiger partial charge in [0.05, 0.1) is 12.1 Å². The van der Waals surface area contributed by atoms with Crippen LogP contribution in [0.5, 0.6) is 0 Å². The van der Waals surface area contributed by atoms with E-state index >= 15 is 0 Å². The Morgan fingerprint density at radius 1 is 1.00 bits per heavy atom. The Hall–Kier alpha value is -3.22. The van der Waals surface area contributed by atoms with E-state index in [0.29, 0.717) is 5.69 Å². The van der Waals surface area contributed by atoms with Crippen LogP contribution in [0.4, 0.5) is 10.1 Å². The van der Waals surface area contributed by atoms with E-state index in [0.717, 1.165) is 0 Å². The number of benzene rings is 2. The van der Waals surface area contributed by atoms with Gasteiger partial charge in [0.15, 0.2) is 0 Å². The van der Waals surface area contributed by atoms with E-state index in [4.69, 9.17) is 0 Å². The van der Waals surface area contributed by atoms with Gasteiger partial charge < -0.3 is 15.5 Å². The minimum atomic E-state index is -0.887. The molecule has 2 rings (SSSR count). The first-order valence-corrected chi connectivity index (χ1v) is 8.95. The van der Waals surface area contributed by atoms with Crippen molar-refractivity contribution in [3.8, 4) is 0 Å². The first-order valence-electron chi connectivity index (χ1n) is 8.95. The Bertz CT molecular complexity index is 840. The average Bonchev–Trinajstić information content (AvgIpc) is 2.66. The summed E-state index contributed by atoms with van der Waals surface area (Å²) in [5.74, 6) is -2.37. The van der Waals surface area contributed by atoms with Gasteiger partial charge in [0.25, 0.3) is 5.91 Å². The van der Waals surface area contributed by atoms with Gasteiger partial charge in [-0.3, -0.25) is 14.4 Å². The number of halogens is 1. The molecule has 0 aliphatic carbocycles. The predicted octanol–water partition coefficient (Wildman–Crippen LogP) is 2.68. The summed E-state index contributed by atoms with van der Waals surface area (Å²) < 4.78 is 13.8. The molecule has 0 saturated heterocycles. The number of para-hydroxylation sites is 1. The zero-order valence-corrected chi connectivity index (χ0v) is 16.1. The molecule has 2 N–H and O–H groups in total. The van der Waals surface area contributed by atoms with Gasteiger partial charge in [0.1, 0.15) is 11.9 Å². The van der Waals surface area contributed by atoms with Crippen molar-refractivity contribution in [2.45, 2.75) is 19.9 Å². The summed E-state index contributed by atoms with van der Waals surface area (Å²) in [5, 5.41) is 5.28. The van der Waals surface area contributed by atoms with Crippen LogP contribution in [0.1, 0.15) is 24.2 Å². The summed E-state index contributed by atoms with van der Waals surface area (Å²) in [7, 11) is 1.48. The third-order valence-electron chi connectivity index (χ3n) is 4.15. The molecule has 1 unspecified atom stereocenters. The van der Waals surface area contributed by atoms with Crippen molar-refractivity contribution >= 4 is 23.4 Å². The topological polar surface area (TPSA) is 78.5 Å². The summed E-state index contributed by atoms with van der Waals surface area (Å²) in [5.41, 5.74) is 0.493. The van der Waals surface area contributed by atoms with Gasteiger partial charge in [0, 0.05) is 12.7 Å². The molecule has 0 fully saturated rings. The highest BCUT2D eigenvalue weighted by atomic mass is 19.1. The van der Waals surface area contributed by atoms with Crippen molar-refractivity contribution in [3.05, 3.63) is 66.0 Å². The fourth-order valence-electron chi connectivity index (χ4n) is 2.63. The molecular weight excluding hydrogens is 361 g/mol. The first-order chi connectivity index (χ1) is 13.3. The second-order valence-electron chi connectivity index (χ2n) is 6.78. The molecule has 148 valence electrons. The molecule has 2 aromatic carbocycles. The van der Waals surface area contributed by atoms with Crippen molar-refractivity contribution < 1.29 is 18.8 Å². The van der Waals surface area contributed by atoms with E-state index in [1.165, 1.54) is 30.1 Å². The number of amides is 3. The number of likely N-dealkylation sites (N-methyl/N-ethyl adjacent to an activating group) is 1. The zero-order valence-electron chi connectivity index (χ0n) is 16.1. The molecule has 0 bridgehead atoms. The SMILES string of the molecule is CC(C)C(NC(=O)c1ccccc1F)C(=O)N(C)CC(=O)Nc1ccccc1. The molecule has 2 aromatic rings. The van der Waals surface area contributed by atoms with Gasteiger partial charge in [-0.25, -0.2) is 4.39 Å². The van der Waals surface area contributed by atoms with Gasteiger partial charge in [-0.05, 0) is 30.2 Å². The number of carbonyl (C=O) groups excluding carboxylic acids is 3. The van der Waals surface area contributed by atoms with Gasteiger partial charge in [-0.1, -0.05) is 44.2 Å². The van der Waals surface area contributed by atoms with Crippen LogP contribution in [0, 0.1) is 11.7 Å². The molecule has 1 atom stereocenters. The molecule has 0 radical (unpaired) electrons. The lowest BCUT2D eigenvalue weighted by molar-refractivity contribution is -0.135. The van der Waals surface area contributed by atoms with E-state index in [1.54, 1.807) is 44.2 Å². The molecule has 0 saturated carbocycles. The third kappa shape index (κ3) is 5.64. The Morgan fingerprint density at radius 3 is 2.21 bits per heavy atom. The largest absolute Gasteiger partial charge is 0.340 e. The van der Waals surface area contributed by atoms with Gasteiger partial charge in [-0.15, -0.1) is 0 Å². The highest BCUT2D eigenvalue weighted by Gasteiger charge is 2.28. The molecule has 0 heterocycles. The smallest absolute Gasteiger partial charge is 0.254 e. The van der Waals surface area contributed by atoms with E-state index < -0.39 is 23.7 Å². The Morgan fingerprint density at radius 2 is 1.61 bits per heavy atom. The lowest BCUT2D eigenvalue weighted by Crippen LogP contribution is -2.51. The van der Waals surface area contributed by atoms with Crippen LogP contribution in [0.3, 0.4) is 0 Å². The summed E-state index contributed by atoms with van der Waals surface area (Å²) in [6.45, 7) is 3.36. The van der Waals surface area contributed by atoms with Gasteiger partial charge >= 0.3 is 0 Å². The van der Waals surface area contributed by atoms with Gasteiger partial charge in [0.2, 0.25) is 11.8 Å². The molecule has 3 amide bonds. The highest BCUT2D eigenvalue weighted by Crippen LogP contribution is 2.11. The van der Waals surface area contributed by atoms with Crippen molar-refractivity contribution in [1.29, 1.82) is 0 Å². The van der Waals surface area contributed by atoms with Crippen LogP contribution in [-0.4, -0.2) is 42.3 Å². The number of nitrogens with one attached hydrogen (secondary N) is 2. The van der Waals surface area contributed by atoms with Crippen LogP contribution in [-0.2, 0) is 9.59 Å². The van der Waals surface area contributed by atoms with Crippen LogP contribution >= 0.6 is 0 Å². The first kappa shape index (κ1) is 21.1. The van der Waals surface area contributed by atoms with Gasteiger partial charge in [-0.2, -0.15) is 0 Å². The molecule has 0 aliphatic rings. The quantitative estimate of drug-likeness (QED) is 0.769. The summed E-state index contributed by atoms with van der Waals surface area (Å²) in [4.78, 5) is 38.5. The predicted molar refractivity (Wildman–Crippen MR) is 105 cm³/mol. The van der Waals surface area contributed by atoms with E-state index in [2.05, 4.69) is 10.6 Å². The fourth-order valence-corrected chi connectivity index (χ4v) is 2.63. The number of anilines is 1. The van der Waals surface area contributed by atoms with Crippen molar-refractivity contribution in [2.75, 3.05) is 18.9 Å². The number of hydrogen-bond donors (Lipinski definition) is 2. The normalized spacial score (nSPS) is 11.6. The Labute approximate surface area is 163 Å². The van der Waals surface area contributed by atoms with Crippen LogP contribution in [0.2, 0.25) is 0 Å². The minimum Gasteiger partial charge on any atom is -0.340 e. The van der Waals surface area contributed by atoms with Crippen LogP contribution in [0.25, 0.3) is 0 Å². The standard InChI is InChI=1S/C21H24FN3O3/c1-14(2)19(24-20(27)16-11-7-8-12-17(16)22)21(28)25(3)13-18(26)23-15-9-5-4-6-10-15/h4-12,14,19H,13H2,1-3H3,(H,23,26)(H,24,27). The lowest BCUT2D eigenvalue weighted by Gasteiger charge is -2.27. The Balaban J connectivity index is 2.02. The van der Waals surface area contributed by atoms with E-state index in [9.17, 15) is 18.8 Å². The molecule has 6 nitrogen and oxygen atoms in total. The number of nitrogens with zero attached hydrogens (tertiary/aromatic N) is 1. The fraction of sp³-hybridized carbons (Fsp3) is 0.286. The molecule has 28 heavy (non-hydrogen) atoms. The monoisotopic (exact) mass is 385 g/mol. The maximum Gasteiger partial charge on any atom is 0.254 e. The van der Waals surface area contributed by atoms with Crippen molar-refractivity contribution in [2.24, 2.45) is 5.92 Å². The summed E-state index contributed by atoms with van der Waals surface area (Å²) in [6.07, 6.45) is 0. The summed E-state index contributed by atoms with van der Waals surface area (Å²) in [6, 6.07) is 13.6. The third-order valence-corrected chi connectivity index (χ3v) is 4.15. The lowest BCUT2D eigenvalue weighted by atomic mass is 10.0. The van der Waals surface area contributed by atoms with Crippen molar-refractivity contribution in [3.63, 3.8) is 0 Å². The average molecular weight is 385 g/mol. The van der Waals surface area contributed by atoms with Crippen LogP contribution < -0.4 is 10.6 Å². The zero-order chi connectivity index (χ0) is 20.7. The number of carbonyl (C=O) groups is 3. The molecule has 7 heteroatoms. The Kier molecular flexibility index (Phi) is 7.26. The van der Waals surface area contributed by atoms with E-state index in [-0.39, 0.29) is 23.9 Å². The molecule has 0 spiro atoms. The second-order valence-corrected chi connectivity index (χ2v) is 6.78. The van der Waals surface area contributed by atoms with E-state index in [1.807, 2.05) is 6.07 Å². The minimum absolute atomic E-state index is 0.134.